The lowest BCUT2D eigenvalue weighted by Crippen LogP contribution is -2.68. The maximum absolute atomic E-state index is 14.2. The molecule has 1 heterocycles. The zero-order valence-electron chi connectivity index (χ0n) is 23.1. The largest absolute Gasteiger partial charge is 0.444 e. The fourth-order valence-corrected chi connectivity index (χ4v) is 5.11. The molecule has 0 bridgehead atoms. The summed E-state index contributed by atoms with van der Waals surface area (Å²) in [5.41, 5.74) is -0.599. The van der Waals surface area contributed by atoms with Crippen LogP contribution in [0.3, 0.4) is 0 Å². The molecule has 2 aromatic rings. The molecule has 0 unspecified atom stereocenters. The van der Waals surface area contributed by atoms with Gasteiger partial charge in [-0.05, 0) is 44.4 Å². The smallest absolute Gasteiger partial charge is 0.408 e. The van der Waals surface area contributed by atoms with Crippen molar-refractivity contribution in [2.75, 3.05) is 4.90 Å². The molecule has 38 heavy (non-hydrogen) atoms. The van der Waals surface area contributed by atoms with Crippen molar-refractivity contribution < 1.29 is 19.2 Å². The highest BCUT2D eigenvalue weighted by Gasteiger charge is 2.62. The van der Waals surface area contributed by atoms with E-state index in [4.69, 9.17) is 4.74 Å². The van der Waals surface area contributed by atoms with E-state index < -0.39 is 34.1 Å². The van der Waals surface area contributed by atoms with Crippen LogP contribution in [0.15, 0.2) is 54.6 Å². The Labute approximate surface area is 225 Å². The van der Waals surface area contributed by atoms with Crippen molar-refractivity contribution in [1.82, 2.24) is 5.32 Å². The molecular formula is C30H41N3O5. The lowest BCUT2D eigenvalue weighted by atomic mass is 9.77. The molecule has 2 aromatic carbocycles. The number of nitro groups is 1. The number of alkyl carbamates (subject to hydrolysis) is 1. The molecule has 0 aromatic heterocycles. The van der Waals surface area contributed by atoms with Gasteiger partial charge in [0.05, 0.1) is 13.0 Å². The van der Waals surface area contributed by atoms with Crippen LogP contribution in [0.5, 0.6) is 0 Å². The quantitative estimate of drug-likeness (QED) is 0.196. The molecule has 0 fully saturated rings. The van der Waals surface area contributed by atoms with Crippen LogP contribution in [0, 0.1) is 10.1 Å². The molecule has 0 radical (unpaired) electrons. The van der Waals surface area contributed by atoms with Crippen LogP contribution in [-0.4, -0.2) is 34.1 Å². The Morgan fingerprint density at radius 2 is 1.68 bits per heavy atom. The predicted molar refractivity (Wildman–Crippen MR) is 149 cm³/mol. The van der Waals surface area contributed by atoms with Crippen molar-refractivity contribution in [2.24, 2.45) is 0 Å². The van der Waals surface area contributed by atoms with Gasteiger partial charge in [-0.3, -0.25) is 14.9 Å². The molecule has 1 N–H and O–H groups in total. The van der Waals surface area contributed by atoms with E-state index in [2.05, 4.69) is 12.2 Å². The molecule has 0 aliphatic carbocycles. The molecule has 2 atom stereocenters. The number of ether oxygens (including phenoxy) is 1. The second kappa shape index (κ2) is 12.9. The van der Waals surface area contributed by atoms with Crippen molar-refractivity contribution >= 4 is 17.7 Å². The van der Waals surface area contributed by atoms with E-state index in [1.54, 1.807) is 20.8 Å². The van der Waals surface area contributed by atoms with Gasteiger partial charge >= 0.3 is 17.5 Å². The number of amides is 2. The van der Waals surface area contributed by atoms with E-state index >= 15 is 0 Å². The highest BCUT2D eigenvalue weighted by molar-refractivity contribution is 6.03. The Balaban J connectivity index is 1.99. The van der Waals surface area contributed by atoms with Crippen LogP contribution >= 0.6 is 0 Å². The molecule has 0 saturated carbocycles. The molecule has 8 nitrogen and oxygen atoms in total. The van der Waals surface area contributed by atoms with Gasteiger partial charge in [-0.2, -0.15) is 0 Å². The van der Waals surface area contributed by atoms with Crippen LogP contribution in [-0.2, 0) is 22.5 Å². The predicted octanol–water partition coefficient (Wildman–Crippen LogP) is 6.44. The molecule has 1 aliphatic rings. The summed E-state index contributed by atoms with van der Waals surface area (Å²) < 4.78 is 5.47. The number of para-hydroxylation sites is 1. The second-order valence-electron chi connectivity index (χ2n) is 11.1. The van der Waals surface area contributed by atoms with Gasteiger partial charge in [-0.25, -0.2) is 4.79 Å². The number of rotatable bonds is 12. The number of benzene rings is 2. The van der Waals surface area contributed by atoms with Gasteiger partial charge in [0.2, 0.25) is 0 Å². The van der Waals surface area contributed by atoms with Crippen molar-refractivity contribution in [2.45, 2.75) is 103 Å². The van der Waals surface area contributed by atoms with Gasteiger partial charge < -0.3 is 15.0 Å². The minimum atomic E-state index is -2.05. The highest BCUT2D eigenvalue weighted by atomic mass is 16.6. The lowest BCUT2D eigenvalue weighted by Gasteiger charge is -2.41. The van der Waals surface area contributed by atoms with E-state index in [1.807, 2.05) is 54.6 Å². The Morgan fingerprint density at radius 1 is 1.05 bits per heavy atom. The summed E-state index contributed by atoms with van der Waals surface area (Å²) in [7, 11) is 0. The maximum atomic E-state index is 14.2. The minimum Gasteiger partial charge on any atom is -0.444 e. The van der Waals surface area contributed by atoms with Gasteiger partial charge in [0, 0.05) is 10.6 Å². The molecule has 0 saturated heterocycles. The number of carbonyl (C=O) groups excluding carboxylic acids is 2. The van der Waals surface area contributed by atoms with Crippen molar-refractivity contribution in [3.05, 3.63) is 75.8 Å². The summed E-state index contributed by atoms with van der Waals surface area (Å²) >= 11 is 0. The number of hydrogen-bond acceptors (Lipinski definition) is 5. The molecule has 3 rings (SSSR count). The first-order valence-electron chi connectivity index (χ1n) is 13.7. The van der Waals surface area contributed by atoms with Crippen molar-refractivity contribution in [3.8, 4) is 0 Å². The summed E-state index contributed by atoms with van der Waals surface area (Å²) in [6.07, 6.45) is 5.35. The third-order valence-electron chi connectivity index (χ3n) is 6.98. The first-order valence-corrected chi connectivity index (χ1v) is 13.7. The highest BCUT2D eigenvalue weighted by Crippen LogP contribution is 2.38. The summed E-state index contributed by atoms with van der Waals surface area (Å²) in [5.74, 6) is -0.614. The van der Waals surface area contributed by atoms with Crippen molar-refractivity contribution in [1.29, 1.82) is 0 Å². The summed E-state index contributed by atoms with van der Waals surface area (Å²) in [6, 6.07) is 15.7. The van der Waals surface area contributed by atoms with E-state index in [1.165, 1.54) is 4.90 Å². The number of anilines is 1. The monoisotopic (exact) mass is 523 g/mol. The van der Waals surface area contributed by atoms with Gasteiger partial charge in [0.25, 0.3) is 0 Å². The Morgan fingerprint density at radius 3 is 2.34 bits per heavy atom. The van der Waals surface area contributed by atoms with E-state index in [9.17, 15) is 19.7 Å². The number of unbranched alkanes of at least 4 members (excludes halogenated alkanes) is 5. The van der Waals surface area contributed by atoms with Crippen LogP contribution in [0.2, 0.25) is 0 Å². The van der Waals surface area contributed by atoms with Crippen molar-refractivity contribution in [3.63, 3.8) is 0 Å². The number of carbonyl (C=O) groups is 2. The van der Waals surface area contributed by atoms with Gasteiger partial charge in [-0.1, -0.05) is 94.0 Å². The van der Waals surface area contributed by atoms with Crippen LogP contribution in [0.25, 0.3) is 0 Å². The van der Waals surface area contributed by atoms with Crippen LogP contribution in [0.4, 0.5) is 10.5 Å². The first-order chi connectivity index (χ1) is 18.1. The molecule has 206 valence electrons. The number of fused-ring (bicyclic) bond motifs is 1. The number of nitrogens with one attached hydrogen (secondary N) is 1. The maximum Gasteiger partial charge on any atom is 0.408 e. The third kappa shape index (κ3) is 7.11. The number of hydrogen-bond donors (Lipinski definition) is 1. The zero-order valence-corrected chi connectivity index (χ0v) is 23.1. The topological polar surface area (TPSA) is 102 Å². The standard InChI is InChI=1S/C30H41N3O5/c1-5-6-7-8-9-13-20-26(31-28(35)38-29(2,3)4)30(33(36)37)21-24-18-14-15-19-25(24)32(27(30)34)22-23-16-11-10-12-17-23/h10-12,14-19,26H,5-9,13,20-22H2,1-4H3,(H,31,35)/t26-,30-/m0/s1. The Kier molecular flexibility index (Phi) is 9.89. The molecule has 8 heteroatoms. The fraction of sp³-hybridized carbons (Fsp3) is 0.533. The summed E-state index contributed by atoms with van der Waals surface area (Å²) in [6.45, 7) is 7.56. The Hall–Kier alpha value is -3.42. The van der Waals surface area contributed by atoms with E-state index in [0.717, 1.165) is 37.7 Å². The van der Waals surface area contributed by atoms with Gasteiger partial charge in [0.15, 0.2) is 0 Å². The minimum absolute atomic E-state index is 0.101. The van der Waals surface area contributed by atoms with Crippen LogP contribution in [0.1, 0.15) is 83.8 Å². The van der Waals surface area contributed by atoms with E-state index in [-0.39, 0.29) is 13.0 Å². The lowest BCUT2D eigenvalue weighted by molar-refractivity contribution is -0.557. The normalized spacial score (nSPS) is 18.0. The fourth-order valence-electron chi connectivity index (χ4n) is 5.11. The first kappa shape index (κ1) is 29.1. The van der Waals surface area contributed by atoms with Gasteiger partial charge in [-0.15, -0.1) is 0 Å². The molecule has 1 aliphatic heterocycles. The SMILES string of the molecule is CCCCCCCC[C@H](NC(=O)OC(C)(C)C)[C@@]1([N+](=O)[O-])Cc2ccccc2N(Cc2ccccc2)C1=O. The summed E-state index contributed by atoms with van der Waals surface area (Å²) in [4.78, 5) is 41.1. The average Bonchev–Trinajstić information content (AvgIpc) is 2.86. The summed E-state index contributed by atoms with van der Waals surface area (Å²) in [5, 5.41) is 15.7. The van der Waals surface area contributed by atoms with E-state index in [0.29, 0.717) is 24.1 Å². The Bertz CT molecular complexity index is 1100. The molecule has 2 amide bonds. The zero-order chi connectivity index (χ0) is 27.8. The molecule has 0 spiro atoms. The average molecular weight is 524 g/mol. The number of nitrogens with zero attached hydrogens (tertiary/aromatic N) is 2. The van der Waals surface area contributed by atoms with Crippen LogP contribution < -0.4 is 10.2 Å². The molecular weight excluding hydrogens is 482 g/mol. The third-order valence-corrected chi connectivity index (χ3v) is 6.98. The second-order valence-corrected chi connectivity index (χ2v) is 11.1. The van der Waals surface area contributed by atoms with Gasteiger partial charge in [0.1, 0.15) is 11.6 Å².